The molecule has 0 spiro atoms. The number of hydrogen-bond acceptors (Lipinski definition) is 4. The molecule has 0 atom stereocenters. The van der Waals surface area contributed by atoms with Crippen LogP contribution in [-0.2, 0) is 16.0 Å². The first-order chi connectivity index (χ1) is 14.6. The first-order valence-corrected chi connectivity index (χ1v) is 10.2. The average molecular weight is 411 g/mol. The molecule has 2 aromatic rings. The van der Waals surface area contributed by atoms with Crippen LogP contribution < -0.4 is 20.1 Å². The fourth-order valence-corrected chi connectivity index (χ4v) is 2.70. The number of unbranched alkanes of at least 4 members (excludes halogenated alkanes) is 1. The largest absolute Gasteiger partial charge is 0.493 e. The number of carbonyl (C=O) groups excluding carboxylic acids is 2. The lowest BCUT2D eigenvalue weighted by Gasteiger charge is -2.11. The van der Waals surface area contributed by atoms with E-state index in [0.717, 1.165) is 24.0 Å². The highest BCUT2D eigenvalue weighted by atomic mass is 16.5. The molecule has 0 bridgehead atoms. The zero-order chi connectivity index (χ0) is 21.6. The van der Waals surface area contributed by atoms with Crippen LogP contribution >= 0.6 is 0 Å². The Morgan fingerprint density at radius 3 is 2.50 bits per heavy atom. The number of benzene rings is 2. The quantitative estimate of drug-likeness (QED) is 0.416. The van der Waals surface area contributed by atoms with Crippen LogP contribution in [0.4, 0.5) is 0 Å². The molecule has 0 saturated heterocycles. The molecule has 160 valence electrons. The molecule has 0 unspecified atom stereocenters. The molecule has 0 aliphatic heterocycles. The maximum atomic E-state index is 12.0. The Balaban J connectivity index is 1.73. The van der Waals surface area contributed by atoms with Crippen LogP contribution in [0.5, 0.6) is 11.5 Å². The molecular weight excluding hydrogens is 380 g/mol. The summed E-state index contributed by atoms with van der Waals surface area (Å²) in [6, 6.07) is 15.1. The predicted molar refractivity (Wildman–Crippen MR) is 119 cm³/mol. The summed E-state index contributed by atoms with van der Waals surface area (Å²) in [4.78, 5) is 23.9. The van der Waals surface area contributed by atoms with Crippen LogP contribution in [0, 0.1) is 0 Å². The summed E-state index contributed by atoms with van der Waals surface area (Å²) in [6.45, 7) is 3.49. The minimum Gasteiger partial charge on any atom is -0.493 e. The van der Waals surface area contributed by atoms with E-state index in [4.69, 9.17) is 9.47 Å². The second kappa shape index (κ2) is 13.0. The van der Waals surface area contributed by atoms with E-state index >= 15 is 0 Å². The summed E-state index contributed by atoms with van der Waals surface area (Å²) in [7, 11) is 1.59. The zero-order valence-corrected chi connectivity index (χ0v) is 17.6. The van der Waals surface area contributed by atoms with Gasteiger partial charge in [-0.15, -0.1) is 0 Å². The van der Waals surface area contributed by atoms with Gasteiger partial charge in [0.1, 0.15) is 0 Å². The van der Waals surface area contributed by atoms with Gasteiger partial charge in [-0.25, -0.2) is 0 Å². The molecule has 30 heavy (non-hydrogen) atoms. The molecule has 0 aromatic heterocycles. The Hall–Kier alpha value is -3.28. The average Bonchev–Trinajstić information content (AvgIpc) is 2.76. The minimum absolute atomic E-state index is 0.0701. The molecule has 6 heteroatoms. The van der Waals surface area contributed by atoms with E-state index in [1.165, 1.54) is 6.08 Å². The van der Waals surface area contributed by atoms with Gasteiger partial charge in [0.15, 0.2) is 11.5 Å². The lowest BCUT2D eigenvalue weighted by atomic mass is 10.1. The van der Waals surface area contributed by atoms with Gasteiger partial charge in [-0.1, -0.05) is 49.7 Å². The molecule has 0 aliphatic carbocycles. The van der Waals surface area contributed by atoms with Crippen molar-refractivity contribution < 1.29 is 19.1 Å². The molecule has 0 radical (unpaired) electrons. The van der Waals surface area contributed by atoms with Gasteiger partial charge >= 0.3 is 0 Å². The molecular formula is C24H30N2O4. The third kappa shape index (κ3) is 8.39. The van der Waals surface area contributed by atoms with Gasteiger partial charge < -0.3 is 20.1 Å². The highest BCUT2D eigenvalue weighted by Gasteiger charge is 2.05. The zero-order valence-electron chi connectivity index (χ0n) is 17.6. The second-order valence-corrected chi connectivity index (χ2v) is 6.75. The van der Waals surface area contributed by atoms with Crippen molar-refractivity contribution in [1.29, 1.82) is 0 Å². The Bertz CT molecular complexity index is 834. The smallest absolute Gasteiger partial charge is 0.244 e. The Kier molecular flexibility index (Phi) is 10.00. The molecule has 2 aromatic carbocycles. The van der Waals surface area contributed by atoms with Crippen molar-refractivity contribution in [1.82, 2.24) is 10.6 Å². The predicted octanol–water partition coefficient (Wildman–Crippen LogP) is 3.36. The third-order valence-electron chi connectivity index (χ3n) is 4.32. The number of methoxy groups -OCH3 is 1. The van der Waals surface area contributed by atoms with Crippen LogP contribution in [0.2, 0.25) is 0 Å². The highest BCUT2D eigenvalue weighted by Crippen LogP contribution is 2.28. The summed E-state index contributed by atoms with van der Waals surface area (Å²) in [5, 5.41) is 5.54. The summed E-state index contributed by atoms with van der Waals surface area (Å²) in [6.07, 6.45) is 5.54. The third-order valence-corrected chi connectivity index (χ3v) is 4.32. The monoisotopic (exact) mass is 410 g/mol. The van der Waals surface area contributed by atoms with Gasteiger partial charge in [-0.3, -0.25) is 9.59 Å². The number of carbonyl (C=O) groups is 2. The van der Waals surface area contributed by atoms with Gasteiger partial charge in [-0.05, 0) is 35.8 Å². The van der Waals surface area contributed by atoms with Crippen LogP contribution in [0.25, 0.3) is 6.08 Å². The van der Waals surface area contributed by atoms with E-state index in [1.54, 1.807) is 13.2 Å². The summed E-state index contributed by atoms with van der Waals surface area (Å²) < 4.78 is 11.1. The molecule has 2 rings (SSSR count). The van der Waals surface area contributed by atoms with E-state index in [2.05, 4.69) is 17.6 Å². The number of nitrogens with one attached hydrogen (secondary N) is 2. The van der Waals surface area contributed by atoms with Gasteiger partial charge in [0.25, 0.3) is 0 Å². The standard InChI is InChI=1S/C24H30N2O4/c1-3-4-16-30-21-12-10-20(17-22(21)29-2)11-13-23(27)25-14-15-26-24(28)18-19-8-6-5-7-9-19/h5-13,17H,3-4,14-16,18H2,1-2H3,(H,25,27)(H,26,28)/b13-11+. The van der Waals surface area contributed by atoms with Crippen molar-refractivity contribution in [3.05, 3.63) is 65.7 Å². The Morgan fingerprint density at radius 2 is 1.77 bits per heavy atom. The fraction of sp³-hybridized carbons (Fsp3) is 0.333. The van der Waals surface area contributed by atoms with Crippen LogP contribution in [0.3, 0.4) is 0 Å². The van der Waals surface area contributed by atoms with Crippen molar-refractivity contribution in [2.24, 2.45) is 0 Å². The van der Waals surface area contributed by atoms with Gasteiger partial charge in [-0.2, -0.15) is 0 Å². The van der Waals surface area contributed by atoms with E-state index in [9.17, 15) is 9.59 Å². The summed E-state index contributed by atoms with van der Waals surface area (Å²) in [5.41, 5.74) is 1.79. The normalized spacial score (nSPS) is 10.6. The molecule has 6 nitrogen and oxygen atoms in total. The lowest BCUT2D eigenvalue weighted by molar-refractivity contribution is -0.121. The number of hydrogen-bond donors (Lipinski definition) is 2. The molecule has 2 N–H and O–H groups in total. The summed E-state index contributed by atoms with van der Waals surface area (Å²) in [5.74, 6) is 1.03. The minimum atomic E-state index is -0.227. The van der Waals surface area contributed by atoms with E-state index < -0.39 is 0 Å². The second-order valence-electron chi connectivity index (χ2n) is 6.75. The van der Waals surface area contributed by atoms with Crippen LogP contribution in [0.15, 0.2) is 54.6 Å². The molecule has 0 fully saturated rings. The Morgan fingerprint density at radius 1 is 1.00 bits per heavy atom. The van der Waals surface area contributed by atoms with Crippen molar-refractivity contribution in [3.63, 3.8) is 0 Å². The number of rotatable bonds is 12. The fourth-order valence-electron chi connectivity index (χ4n) is 2.70. The molecule has 2 amide bonds. The highest BCUT2D eigenvalue weighted by molar-refractivity contribution is 5.91. The first-order valence-electron chi connectivity index (χ1n) is 10.2. The van der Waals surface area contributed by atoms with E-state index in [1.807, 2.05) is 48.5 Å². The van der Waals surface area contributed by atoms with Crippen molar-refractivity contribution in [3.8, 4) is 11.5 Å². The topological polar surface area (TPSA) is 76.7 Å². The van der Waals surface area contributed by atoms with Crippen molar-refractivity contribution >= 4 is 17.9 Å². The van der Waals surface area contributed by atoms with Gasteiger partial charge in [0.2, 0.25) is 11.8 Å². The van der Waals surface area contributed by atoms with Gasteiger partial charge in [0.05, 0.1) is 20.1 Å². The molecule has 0 saturated carbocycles. The van der Waals surface area contributed by atoms with Crippen LogP contribution in [-0.4, -0.2) is 38.6 Å². The SMILES string of the molecule is CCCCOc1ccc(/C=C/C(=O)NCCNC(=O)Cc2ccccc2)cc1OC. The number of ether oxygens (including phenoxy) is 2. The van der Waals surface area contributed by atoms with Crippen LogP contribution in [0.1, 0.15) is 30.9 Å². The molecule has 0 aliphatic rings. The van der Waals surface area contributed by atoms with E-state index in [0.29, 0.717) is 37.6 Å². The van der Waals surface area contributed by atoms with Crippen molar-refractivity contribution in [2.45, 2.75) is 26.2 Å². The lowest BCUT2D eigenvalue weighted by Crippen LogP contribution is -2.34. The maximum absolute atomic E-state index is 12.0. The van der Waals surface area contributed by atoms with E-state index in [-0.39, 0.29) is 11.8 Å². The molecule has 0 heterocycles. The summed E-state index contributed by atoms with van der Waals surface area (Å²) >= 11 is 0. The van der Waals surface area contributed by atoms with Gasteiger partial charge in [0, 0.05) is 19.2 Å². The maximum Gasteiger partial charge on any atom is 0.244 e. The number of amides is 2. The first kappa shape index (κ1) is 23.0. The van der Waals surface area contributed by atoms with Crippen molar-refractivity contribution in [2.75, 3.05) is 26.8 Å². The Labute approximate surface area is 178 Å².